The standard InChI is InChI=1S/C25H29FN2O3S/c26-21-10-12-22(13-11-21)32(30,31)28-17-15-20-8-4-5-9-23(20)24(28)18-25(29)27-16-14-19-6-2-1-3-7-19/h4-6,8-13,24H,1-3,7,14-18H2,(H,27,29). The number of benzene rings is 2. The Morgan fingerprint density at radius 3 is 2.59 bits per heavy atom. The van der Waals surface area contributed by atoms with Crippen LogP contribution in [0.4, 0.5) is 4.39 Å². The topological polar surface area (TPSA) is 66.5 Å². The second-order valence-electron chi connectivity index (χ2n) is 8.45. The van der Waals surface area contributed by atoms with E-state index < -0.39 is 21.9 Å². The van der Waals surface area contributed by atoms with Gasteiger partial charge in [0.2, 0.25) is 15.9 Å². The van der Waals surface area contributed by atoms with E-state index in [0.29, 0.717) is 13.0 Å². The zero-order chi connectivity index (χ0) is 22.6. The maximum Gasteiger partial charge on any atom is 0.243 e. The fourth-order valence-corrected chi connectivity index (χ4v) is 6.22. The average molecular weight is 457 g/mol. The molecule has 4 rings (SSSR count). The van der Waals surface area contributed by atoms with Gasteiger partial charge in [0.15, 0.2) is 0 Å². The van der Waals surface area contributed by atoms with Crippen LogP contribution in [-0.4, -0.2) is 31.7 Å². The Labute approximate surface area is 189 Å². The molecule has 1 aliphatic carbocycles. The fraction of sp³-hybridized carbons (Fsp3) is 0.400. The van der Waals surface area contributed by atoms with Crippen molar-refractivity contribution in [3.05, 3.63) is 77.1 Å². The van der Waals surface area contributed by atoms with E-state index in [9.17, 15) is 17.6 Å². The largest absolute Gasteiger partial charge is 0.356 e. The van der Waals surface area contributed by atoms with Gasteiger partial charge in [0.05, 0.1) is 10.9 Å². The fourth-order valence-electron chi connectivity index (χ4n) is 4.61. The van der Waals surface area contributed by atoms with E-state index in [4.69, 9.17) is 0 Å². The quantitative estimate of drug-likeness (QED) is 0.624. The highest BCUT2D eigenvalue weighted by atomic mass is 32.2. The first-order chi connectivity index (χ1) is 15.4. The van der Waals surface area contributed by atoms with Crippen molar-refractivity contribution >= 4 is 15.9 Å². The SMILES string of the molecule is O=C(CC1c2ccccc2CCN1S(=O)(=O)c1ccc(F)cc1)NCCC1=CCCCC1. The van der Waals surface area contributed by atoms with E-state index in [1.807, 2.05) is 24.3 Å². The van der Waals surface area contributed by atoms with Gasteiger partial charge in [-0.15, -0.1) is 0 Å². The molecule has 1 amide bonds. The minimum atomic E-state index is -3.88. The number of rotatable bonds is 7. The van der Waals surface area contributed by atoms with Gasteiger partial charge in [-0.3, -0.25) is 4.79 Å². The van der Waals surface area contributed by atoms with E-state index in [1.54, 1.807) is 0 Å². The van der Waals surface area contributed by atoms with Gasteiger partial charge < -0.3 is 5.32 Å². The van der Waals surface area contributed by atoms with Crippen LogP contribution >= 0.6 is 0 Å². The van der Waals surface area contributed by atoms with Crippen molar-refractivity contribution in [2.24, 2.45) is 0 Å². The lowest BCUT2D eigenvalue weighted by molar-refractivity contribution is -0.122. The molecule has 0 saturated heterocycles. The maximum absolute atomic E-state index is 13.4. The maximum atomic E-state index is 13.4. The predicted molar refractivity (Wildman–Crippen MR) is 122 cm³/mol. The molecule has 2 aliphatic rings. The Hall–Kier alpha value is -2.51. The van der Waals surface area contributed by atoms with E-state index in [2.05, 4.69) is 11.4 Å². The third-order valence-corrected chi connectivity index (χ3v) is 8.24. The predicted octanol–water partition coefficient (Wildman–Crippen LogP) is 4.51. The summed E-state index contributed by atoms with van der Waals surface area (Å²) in [6, 6.07) is 11.9. The normalized spacial score (nSPS) is 19.2. The zero-order valence-electron chi connectivity index (χ0n) is 18.1. The Morgan fingerprint density at radius 2 is 1.84 bits per heavy atom. The first kappa shape index (κ1) is 22.7. The number of carbonyl (C=O) groups excluding carboxylic acids is 1. The van der Waals surface area contributed by atoms with E-state index >= 15 is 0 Å². The summed E-state index contributed by atoms with van der Waals surface area (Å²) in [5.41, 5.74) is 3.30. The van der Waals surface area contributed by atoms with E-state index in [1.165, 1.54) is 34.9 Å². The van der Waals surface area contributed by atoms with Crippen LogP contribution in [0.25, 0.3) is 0 Å². The summed E-state index contributed by atoms with van der Waals surface area (Å²) < 4.78 is 41.5. The number of hydrogen-bond acceptors (Lipinski definition) is 3. The van der Waals surface area contributed by atoms with E-state index in [-0.39, 0.29) is 23.8 Å². The Kier molecular flexibility index (Phi) is 7.06. The second-order valence-corrected chi connectivity index (χ2v) is 10.3. The number of fused-ring (bicyclic) bond motifs is 1. The number of nitrogens with zero attached hydrogens (tertiary/aromatic N) is 1. The van der Waals surface area contributed by atoms with Crippen LogP contribution in [0.1, 0.15) is 55.7 Å². The van der Waals surface area contributed by atoms with E-state index in [0.717, 1.165) is 42.5 Å². The molecule has 0 fully saturated rings. The van der Waals surface area contributed by atoms with Gasteiger partial charge in [0.1, 0.15) is 5.82 Å². The molecule has 1 aliphatic heterocycles. The third-order valence-electron chi connectivity index (χ3n) is 6.32. The third kappa shape index (κ3) is 5.10. The number of halogens is 1. The summed E-state index contributed by atoms with van der Waals surface area (Å²) in [7, 11) is -3.88. The summed E-state index contributed by atoms with van der Waals surface area (Å²) in [6.45, 7) is 0.839. The highest BCUT2D eigenvalue weighted by Crippen LogP contribution is 2.36. The first-order valence-corrected chi connectivity index (χ1v) is 12.7. The van der Waals surface area contributed by atoms with Gasteiger partial charge in [-0.25, -0.2) is 12.8 Å². The second kappa shape index (κ2) is 9.96. The lowest BCUT2D eigenvalue weighted by Crippen LogP contribution is -2.42. The van der Waals surface area contributed by atoms with Gasteiger partial charge >= 0.3 is 0 Å². The molecule has 0 aromatic heterocycles. The van der Waals surface area contributed by atoms with Crippen molar-refractivity contribution in [1.29, 1.82) is 0 Å². The van der Waals surface area contributed by atoms with Gasteiger partial charge in [-0.05, 0) is 73.9 Å². The van der Waals surface area contributed by atoms with Gasteiger partial charge in [0.25, 0.3) is 0 Å². The molecule has 1 heterocycles. The minimum absolute atomic E-state index is 0.0351. The molecule has 2 aromatic rings. The average Bonchev–Trinajstić information content (AvgIpc) is 2.80. The van der Waals surface area contributed by atoms with Crippen LogP contribution in [0.2, 0.25) is 0 Å². The van der Waals surface area contributed by atoms with Crippen molar-refractivity contribution in [2.45, 2.75) is 55.9 Å². The number of carbonyl (C=O) groups is 1. The van der Waals surface area contributed by atoms with Crippen LogP contribution in [0.3, 0.4) is 0 Å². The van der Waals surface area contributed by atoms with Crippen LogP contribution < -0.4 is 5.32 Å². The van der Waals surface area contributed by atoms with Gasteiger partial charge in [-0.2, -0.15) is 4.31 Å². The lowest BCUT2D eigenvalue weighted by Gasteiger charge is -2.36. The highest BCUT2D eigenvalue weighted by Gasteiger charge is 2.37. The van der Waals surface area contributed by atoms with Crippen molar-refractivity contribution in [3.63, 3.8) is 0 Å². The van der Waals surface area contributed by atoms with Crippen LogP contribution in [0.15, 0.2) is 65.1 Å². The van der Waals surface area contributed by atoms with Crippen molar-refractivity contribution in [3.8, 4) is 0 Å². The molecule has 0 radical (unpaired) electrons. The summed E-state index contributed by atoms with van der Waals surface area (Å²) in [6.07, 6.45) is 8.37. The number of allylic oxidation sites excluding steroid dienone is 1. The molecule has 1 atom stereocenters. The van der Waals surface area contributed by atoms with Gasteiger partial charge in [-0.1, -0.05) is 35.9 Å². The molecule has 1 unspecified atom stereocenters. The first-order valence-electron chi connectivity index (χ1n) is 11.2. The number of sulfonamides is 1. The molecule has 0 spiro atoms. The minimum Gasteiger partial charge on any atom is -0.356 e. The number of nitrogens with one attached hydrogen (secondary N) is 1. The zero-order valence-corrected chi connectivity index (χ0v) is 18.9. The number of amides is 1. The van der Waals surface area contributed by atoms with Crippen molar-refractivity contribution < 1.29 is 17.6 Å². The summed E-state index contributed by atoms with van der Waals surface area (Å²) >= 11 is 0. The number of hydrogen-bond donors (Lipinski definition) is 1. The molecule has 32 heavy (non-hydrogen) atoms. The molecule has 7 heteroatoms. The molecule has 2 aromatic carbocycles. The molecule has 0 saturated carbocycles. The van der Waals surface area contributed by atoms with Crippen molar-refractivity contribution in [2.75, 3.05) is 13.1 Å². The molecule has 5 nitrogen and oxygen atoms in total. The van der Waals surface area contributed by atoms with Crippen LogP contribution in [0.5, 0.6) is 0 Å². The molecule has 0 bridgehead atoms. The van der Waals surface area contributed by atoms with Gasteiger partial charge in [0, 0.05) is 19.5 Å². The Morgan fingerprint density at radius 1 is 1.06 bits per heavy atom. The highest BCUT2D eigenvalue weighted by molar-refractivity contribution is 7.89. The van der Waals surface area contributed by atoms with Crippen LogP contribution in [-0.2, 0) is 21.2 Å². The monoisotopic (exact) mass is 456 g/mol. The summed E-state index contributed by atoms with van der Waals surface area (Å²) in [5, 5.41) is 2.98. The summed E-state index contributed by atoms with van der Waals surface area (Å²) in [5.74, 6) is -0.653. The Bertz CT molecular complexity index is 1100. The smallest absolute Gasteiger partial charge is 0.243 e. The lowest BCUT2D eigenvalue weighted by atomic mass is 9.92. The summed E-state index contributed by atoms with van der Waals surface area (Å²) in [4.78, 5) is 12.8. The Balaban J connectivity index is 1.52. The molecular formula is C25H29FN2O3S. The molecule has 170 valence electrons. The van der Waals surface area contributed by atoms with Crippen LogP contribution in [0, 0.1) is 5.82 Å². The molecular weight excluding hydrogens is 427 g/mol. The van der Waals surface area contributed by atoms with Crippen molar-refractivity contribution in [1.82, 2.24) is 9.62 Å². The molecule has 1 N–H and O–H groups in total.